The van der Waals surface area contributed by atoms with E-state index in [4.69, 9.17) is 0 Å². The van der Waals surface area contributed by atoms with E-state index in [0.717, 1.165) is 21.5 Å². The average Bonchev–Trinajstić information content (AvgIpc) is 2.94. The summed E-state index contributed by atoms with van der Waals surface area (Å²) in [6, 6.07) is 5.30. The molecule has 0 aliphatic carbocycles. The topological polar surface area (TPSA) is 57.6 Å². The van der Waals surface area contributed by atoms with Gasteiger partial charge in [-0.15, -0.1) is 0 Å². The number of hydrogen-bond acceptors (Lipinski definition) is 4. The summed E-state index contributed by atoms with van der Waals surface area (Å²) in [6.45, 7) is 3.59. The number of halogens is 1. The number of rotatable bonds is 11. The second-order valence-corrected chi connectivity index (χ2v) is 9.19. The molecule has 0 bridgehead atoms. The zero-order valence-corrected chi connectivity index (χ0v) is 19.2. The molecule has 0 spiro atoms. The molecule has 154 valence electrons. The third kappa shape index (κ3) is 6.11. The van der Waals surface area contributed by atoms with Crippen molar-refractivity contribution < 1.29 is 14.7 Å². The molecule has 1 aliphatic heterocycles. The molecule has 0 fully saturated rings. The van der Waals surface area contributed by atoms with Gasteiger partial charge in [-0.3, -0.25) is 9.59 Å². The molecule has 0 atom stereocenters. The van der Waals surface area contributed by atoms with Crippen LogP contribution in [0.5, 0.6) is 0 Å². The first-order valence-corrected chi connectivity index (χ1v) is 12.1. The van der Waals surface area contributed by atoms with Gasteiger partial charge in [-0.1, -0.05) is 67.8 Å². The number of nitrogens with zero attached hydrogens (tertiary/aromatic N) is 1. The van der Waals surface area contributed by atoms with Crippen molar-refractivity contribution in [3.8, 4) is 0 Å². The molecule has 1 aromatic carbocycles. The van der Waals surface area contributed by atoms with Gasteiger partial charge in [0.15, 0.2) is 0 Å². The molecule has 1 N–H and O–H groups in total. The number of imide groups is 1. The Hall–Kier alpha value is -1.27. The molecule has 6 heteroatoms. The lowest BCUT2D eigenvalue weighted by Gasteiger charge is -2.11. The van der Waals surface area contributed by atoms with Crippen molar-refractivity contribution in [3.05, 3.63) is 34.0 Å². The number of anilines is 1. The SMILES string of the molecule is CCCCCCCCCCSCC(O)=C1C(=O)N(C(C)=O)c2ccc(Br)cc21. The quantitative estimate of drug-likeness (QED) is 0.229. The van der Waals surface area contributed by atoms with Crippen molar-refractivity contribution in [2.45, 2.75) is 65.2 Å². The summed E-state index contributed by atoms with van der Waals surface area (Å²) in [5.74, 6) is 0.615. The van der Waals surface area contributed by atoms with Crippen molar-refractivity contribution in [2.24, 2.45) is 0 Å². The first-order chi connectivity index (χ1) is 13.5. The van der Waals surface area contributed by atoms with Crippen molar-refractivity contribution in [2.75, 3.05) is 16.4 Å². The Morgan fingerprint density at radius 2 is 1.75 bits per heavy atom. The van der Waals surface area contributed by atoms with Crippen molar-refractivity contribution in [1.82, 2.24) is 0 Å². The van der Waals surface area contributed by atoms with Crippen LogP contribution in [0.4, 0.5) is 5.69 Å². The third-order valence-electron chi connectivity index (χ3n) is 4.87. The molecule has 1 aliphatic rings. The summed E-state index contributed by atoms with van der Waals surface area (Å²) in [4.78, 5) is 25.7. The zero-order valence-electron chi connectivity index (χ0n) is 16.8. The molecular weight excluding hydrogens is 438 g/mol. The molecule has 0 radical (unpaired) electrons. The van der Waals surface area contributed by atoms with Gasteiger partial charge in [-0.2, -0.15) is 11.8 Å². The second kappa shape index (κ2) is 11.7. The fourth-order valence-electron chi connectivity index (χ4n) is 3.41. The minimum absolute atomic E-state index is 0.0534. The minimum atomic E-state index is -0.439. The third-order valence-corrected chi connectivity index (χ3v) is 6.42. The molecule has 28 heavy (non-hydrogen) atoms. The van der Waals surface area contributed by atoms with Gasteiger partial charge in [0.05, 0.1) is 17.0 Å². The molecule has 0 aromatic heterocycles. The number of thioether (sulfide) groups is 1. The highest BCUT2D eigenvalue weighted by Crippen LogP contribution is 2.40. The Balaban J connectivity index is 1.87. The van der Waals surface area contributed by atoms with Crippen LogP contribution >= 0.6 is 27.7 Å². The van der Waals surface area contributed by atoms with Gasteiger partial charge >= 0.3 is 0 Å². The van der Waals surface area contributed by atoms with Crippen LogP contribution in [0.2, 0.25) is 0 Å². The largest absolute Gasteiger partial charge is 0.511 e. The number of unbranched alkanes of at least 4 members (excludes halogenated alkanes) is 7. The van der Waals surface area contributed by atoms with E-state index in [9.17, 15) is 14.7 Å². The van der Waals surface area contributed by atoms with Crippen molar-refractivity contribution in [3.63, 3.8) is 0 Å². The predicted octanol–water partition coefficient (Wildman–Crippen LogP) is 6.49. The van der Waals surface area contributed by atoms with E-state index < -0.39 is 5.91 Å². The Labute approximate surface area is 180 Å². The highest BCUT2D eigenvalue weighted by Gasteiger charge is 2.37. The average molecular weight is 468 g/mol. The monoisotopic (exact) mass is 467 g/mol. The summed E-state index contributed by atoms with van der Waals surface area (Å²) >= 11 is 5.04. The molecule has 1 aromatic rings. The highest BCUT2D eigenvalue weighted by molar-refractivity contribution is 9.10. The van der Waals surface area contributed by atoms with E-state index in [-0.39, 0.29) is 17.2 Å². The van der Waals surface area contributed by atoms with E-state index in [2.05, 4.69) is 22.9 Å². The maximum Gasteiger partial charge on any atom is 0.269 e. The maximum atomic E-state index is 12.7. The van der Waals surface area contributed by atoms with Crippen molar-refractivity contribution >= 4 is 50.8 Å². The number of amides is 2. The predicted molar refractivity (Wildman–Crippen MR) is 122 cm³/mol. The lowest BCUT2D eigenvalue weighted by Crippen LogP contribution is -2.31. The van der Waals surface area contributed by atoms with Gasteiger partial charge in [0.1, 0.15) is 5.76 Å². The first-order valence-electron chi connectivity index (χ1n) is 10.1. The van der Waals surface area contributed by atoms with E-state index in [1.807, 2.05) is 0 Å². The first kappa shape index (κ1) is 23.0. The van der Waals surface area contributed by atoms with Crippen molar-refractivity contribution in [1.29, 1.82) is 0 Å². The van der Waals surface area contributed by atoms with Crippen LogP contribution in [0, 0.1) is 0 Å². The van der Waals surface area contributed by atoms with Gasteiger partial charge in [-0.05, 0) is 30.4 Å². The van der Waals surface area contributed by atoms with Gasteiger partial charge in [0.2, 0.25) is 5.91 Å². The van der Waals surface area contributed by atoms with Crippen LogP contribution in [-0.4, -0.2) is 28.4 Å². The summed E-state index contributed by atoms with van der Waals surface area (Å²) in [5.41, 5.74) is 1.39. The Morgan fingerprint density at radius 3 is 2.39 bits per heavy atom. The fourth-order valence-corrected chi connectivity index (χ4v) is 4.66. The zero-order chi connectivity index (χ0) is 20.5. The van der Waals surface area contributed by atoms with E-state index >= 15 is 0 Å². The molecule has 0 saturated heterocycles. The van der Waals surface area contributed by atoms with Gasteiger partial charge in [0.25, 0.3) is 5.91 Å². The van der Waals surface area contributed by atoms with Crippen LogP contribution in [0.25, 0.3) is 5.57 Å². The molecule has 4 nitrogen and oxygen atoms in total. The summed E-state index contributed by atoms with van der Waals surface area (Å²) in [6.07, 6.45) is 10.2. The lowest BCUT2D eigenvalue weighted by atomic mass is 10.1. The number of carbonyl (C=O) groups excluding carboxylic acids is 2. The van der Waals surface area contributed by atoms with E-state index in [1.54, 1.807) is 30.0 Å². The van der Waals surface area contributed by atoms with Crippen LogP contribution in [-0.2, 0) is 9.59 Å². The number of benzene rings is 1. The van der Waals surface area contributed by atoms with E-state index in [1.165, 1.54) is 51.9 Å². The molecule has 1 heterocycles. The number of carbonyl (C=O) groups is 2. The van der Waals surface area contributed by atoms with Gasteiger partial charge < -0.3 is 5.11 Å². The summed E-state index contributed by atoms with van der Waals surface area (Å²) in [5, 5.41) is 10.6. The molecular formula is C22H30BrNO3S. The minimum Gasteiger partial charge on any atom is -0.511 e. The Morgan fingerprint density at radius 1 is 1.11 bits per heavy atom. The Bertz CT molecular complexity index is 732. The number of aliphatic hydroxyl groups is 1. The lowest BCUT2D eigenvalue weighted by molar-refractivity contribution is -0.122. The fraction of sp³-hybridized carbons (Fsp3) is 0.545. The summed E-state index contributed by atoms with van der Waals surface area (Å²) < 4.78 is 0.807. The normalized spacial score (nSPS) is 15.1. The van der Waals surface area contributed by atoms with Crippen LogP contribution < -0.4 is 4.90 Å². The second-order valence-electron chi connectivity index (χ2n) is 7.17. The van der Waals surface area contributed by atoms with Gasteiger partial charge in [0, 0.05) is 17.0 Å². The maximum absolute atomic E-state index is 12.7. The number of hydrogen-bond donors (Lipinski definition) is 1. The molecule has 2 rings (SSSR count). The van der Waals surface area contributed by atoms with E-state index in [0.29, 0.717) is 17.0 Å². The number of fused-ring (bicyclic) bond motifs is 1. The Kier molecular flexibility index (Phi) is 9.59. The highest BCUT2D eigenvalue weighted by atomic mass is 79.9. The van der Waals surface area contributed by atoms with Crippen LogP contribution in [0.15, 0.2) is 28.4 Å². The van der Waals surface area contributed by atoms with Gasteiger partial charge in [-0.25, -0.2) is 4.90 Å². The molecule has 0 saturated carbocycles. The number of aliphatic hydroxyl groups excluding tert-OH is 1. The van der Waals surface area contributed by atoms with Crippen LogP contribution in [0.3, 0.4) is 0 Å². The smallest absolute Gasteiger partial charge is 0.269 e. The molecule has 0 unspecified atom stereocenters. The molecule has 2 amide bonds. The summed E-state index contributed by atoms with van der Waals surface area (Å²) in [7, 11) is 0. The standard InChI is InChI=1S/C22H30BrNO3S/c1-3-4-5-6-7-8-9-10-13-28-15-20(26)21-18-14-17(23)11-12-19(18)24(16(2)25)22(21)27/h11-12,14,26H,3-10,13,15H2,1-2H3. The van der Waals surface area contributed by atoms with Crippen LogP contribution in [0.1, 0.15) is 70.8 Å².